The Morgan fingerprint density at radius 1 is 1.32 bits per heavy atom. The zero-order valence-electron chi connectivity index (χ0n) is 15.6. The molecule has 148 valence electrons. The third-order valence-corrected chi connectivity index (χ3v) is 6.48. The highest BCUT2D eigenvalue weighted by atomic mass is 32.2. The number of thiophene rings is 1. The van der Waals surface area contributed by atoms with Crippen LogP contribution in [0.3, 0.4) is 0 Å². The minimum absolute atomic E-state index is 0.289. The van der Waals surface area contributed by atoms with Crippen LogP contribution in [0.1, 0.15) is 38.1 Å². The van der Waals surface area contributed by atoms with Crippen LogP contribution in [0, 0.1) is 0 Å². The molecule has 1 aliphatic heterocycles. The number of nitrogens with one attached hydrogen (secondary N) is 1. The molecule has 9 heteroatoms. The first-order valence-corrected chi connectivity index (χ1v) is 10.6. The summed E-state index contributed by atoms with van der Waals surface area (Å²) < 4.78 is 4.78. The fraction of sp³-hybridized carbons (Fsp3) is 0.316. The van der Waals surface area contributed by atoms with Crippen LogP contribution in [0.25, 0.3) is 0 Å². The van der Waals surface area contributed by atoms with Crippen molar-refractivity contribution >= 4 is 46.0 Å². The molecule has 0 saturated carbocycles. The van der Waals surface area contributed by atoms with Crippen molar-refractivity contribution in [3.63, 3.8) is 0 Å². The number of nitrogens with two attached hydrogens (primary N) is 1. The summed E-state index contributed by atoms with van der Waals surface area (Å²) in [7, 11) is 1.33. The van der Waals surface area contributed by atoms with Crippen molar-refractivity contribution in [3.8, 4) is 0 Å². The number of carbonyl (C=O) groups excluding carboxylic acids is 3. The van der Waals surface area contributed by atoms with Gasteiger partial charge in [-0.25, -0.2) is 4.79 Å². The van der Waals surface area contributed by atoms with E-state index in [0.717, 1.165) is 21.1 Å². The van der Waals surface area contributed by atoms with Crippen molar-refractivity contribution in [1.82, 2.24) is 4.90 Å². The van der Waals surface area contributed by atoms with Crippen molar-refractivity contribution in [2.24, 2.45) is 5.73 Å². The maximum Gasteiger partial charge on any atom is 0.409 e. The number of fused-ring (bicyclic) bond motifs is 1. The van der Waals surface area contributed by atoms with Gasteiger partial charge in [-0.3, -0.25) is 9.59 Å². The summed E-state index contributed by atoms with van der Waals surface area (Å²) in [5, 5.41) is 3.27. The second kappa shape index (κ2) is 8.66. The smallest absolute Gasteiger partial charge is 0.409 e. The van der Waals surface area contributed by atoms with Crippen LogP contribution < -0.4 is 11.1 Å². The highest BCUT2D eigenvalue weighted by Crippen LogP contribution is 2.37. The molecule has 2 aromatic rings. The number of amides is 3. The van der Waals surface area contributed by atoms with Crippen molar-refractivity contribution in [3.05, 3.63) is 45.8 Å². The summed E-state index contributed by atoms with van der Waals surface area (Å²) in [6, 6.07) is 7.34. The number of benzene rings is 1. The molecule has 7 nitrogen and oxygen atoms in total. The standard InChI is InChI=1S/C19H21N3O4S2/c1-3-27-13-7-5-4-6-12(13)17(24)21-18-15(16(20)23)11-8-9-22(19(25)26-2)10-14(11)28-18/h4-7H,3,8-10H2,1-2H3,(H2,20,23)(H,21,24). The van der Waals surface area contributed by atoms with Gasteiger partial charge in [0.2, 0.25) is 0 Å². The summed E-state index contributed by atoms with van der Waals surface area (Å²) in [5.41, 5.74) is 7.28. The van der Waals surface area contributed by atoms with Gasteiger partial charge in [0.05, 0.1) is 24.8 Å². The van der Waals surface area contributed by atoms with E-state index in [0.29, 0.717) is 35.6 Å². The molecule has 0 atom stereocenters. The van der Waals surface area contributed by atoms with Gasteiger partial charge >= 0.3 is 6.09 Å². The largest absolute Gasteiger partial charge is 0.453 e. The molecule has 0 fully saturated rings. The lowest BCUT2D eigenvalue weighted by Gasteiger charge is -2.25. The molecule has 3 amide bonds. The van der Waals surface area contributed by atoms with E-state index in [1.807, 2.05) is 19.1 Å². The number of methoxy groups -OCH3 is 1. The highest BCUT2D eigenvalue weighted by Gasteiger charge is 2.30. The van der Waals surface area contributed by atoms with Crippen LogP contribution in [0.4, 0.5) is 9.80 Å². The molecular weight excluding hydrogens is 398 g/mol. The van der Waals surface area contributed by atoms with E-state index in [-0.39, 0.29) is 5.91 Å². The second-order valence-corrected chi connectivity index (χ2v) is 8.51. The zero-order chi connectivity index (χ0) is 20.3. The third kappa shape index (κ3) is 4.00. The summed E-state index contributed by atoms with van der Waals surface area (Å²) in [6.45, 7) is 2.77. The monoisotopic (exact) mass is 419 g/mol. The van der Waals surface area contributed by atoms with E-state index < -0.39 is 12.0 Å². The number of nitrogens with zero attached hydrogens (tertiary/aromatic N) is 1. The van der Waals surface area contributed by atoms with Crippen LogP contribution in [-0.4, -0.2) is 42.2 Å². The Labute approximate surface area is 171 Å². The highest BCUT2D eigenvalue weighted by molar-refractivity contribution is 7.99. The van der Waals surface area contributed by atoms with Gasteiger partial charge in [-0.05, 0) is 29.9 Å². The molecule has 3 rings (SSSR count). The van der Waals surface area contributed by atoms with Crippen LogP contribution in [0.2, 0.25) is 0 Å². The minimum atomic E-state index is -0.587. The second-order valence-electron chi connectivity index (χ2n) is 6.10. The molecule has 1 aromatic carbocycles. The number of carbonyl (C=O) groups is 3. The lowest BCUT2D eigenvalue weighted by molar-refractivity contribution is 0.0999. The fourth-order valence-corrected chi connectivity index (χ4v) is 5.21. The molecule has 0 radical (unpaired) electrons. The summed E-state index contributed by atoms with van der Waals surface area (Å²) in [4.78, 5) is 40.0. The van der Waals surface area contributed by atoms with Gasteiger partial charge in [0.15, 0.2) is 0 Å². The number of anilines is 1. The number of thioether (sulfide) groups is 1. The normalized spacial score (nSPS) is 13.0. The fourth-order valence-electron chi connectivity index (χ4n) is 3.14. The Morgan fingerprint density at radius 3 is 2.75 bits per heavy atom. The topological polar surface area (TPSA) is 102 Å². The number of hydrogen-bond donors (Lipinski definition) is 2. The van der Waals surface area contributed by atoms with Crippen molar-refractivity contribution in [2.45, 2.75) is 24.8 Å². The predicted octanol–water partition coefficient (Wildman–Crippen LogP) is 3.34. The summed E-state index contributed by atoms with van der Waals surface area (Å²) in [5.74, 6) is -0.0361. The molecule has 0 aliphatic carbocycles. The van der Waals surface area contributed by atoms with Crippen molar-refractivity contribution < 1.29 is 19.1 Å². The average Bonchev–Trinajstić information content (AvgIpc) is 3.05. The van der Waals surface area contributed by atoms with E-state index >= 15 is 0 Å². The quantitative estimate of drug-likeness (QED) is 0.724. The number of primary amides is 1. The Balaban J connectivity index is 1.91. The number of hydrogen-bond acceptors (Lipinski definition) is 6. The molecule has 2 heterocycles. The molecule has 1 aliphatic rings. The Hall–Kier alpha value is -2.52. The maximum absolute atomic E-state index is 12.9. The molecule has 3 N–H and O–H groups in total. The molecule has 28 heavy (non-hydrogen) atoms. The van der Waals surface area contributed by atoms with E-state index in [1.165, 1.54) is 18.4 Å². The third-order valence-electron chi connectivity index (χ3n) is 4.39. The van der Waals surface area contributed by atoms with Gasteiger partial charge in [0.25, 0.3) is 11.8 Å². The first kappa shape index (κ1) is 20.2. The van der Waals surface area contributed by atoms with Crippen molar-refractivity contribution in [2.75, 3.05) is 24.7 Å². The maximum atomic E-state index is 12.9. The predicted molar refractivity (Wildman–Crippen MR) is 110 cm³/mol. The Kier molecular flexibility index (Phi) is 6.25. The lowest BCUT2D eigenvalue weighted by atomic mass is 10.0. The summed E-state index contributed by atoms with van der Waals surface area (Å²) in [6.07, 6.45) is 0.0629. The van der Waals surface area contributed by atoms with E-state index in [9.17, 15) is 14.4 Å². The molecule has 0 saturated heterocycles. The van der Waals surface area contributed by atoms with E-state index in [4.69, 9.17) is 10.5 Å². The zero-order valence-corrected chi connectivity index (χ0v) is 17.2. The van der Waals surface area contributed by atoms with Crippen LogP contribution in [-0.2, 0) is 17.7 Å². The minimum Gasteiger partial charge on any atom is -0.453 e. The van der Waals surface area contributed by atoms with Crippen LogP contribution >= 0.6 is 23.1 Å². The van der Waals surface area contributed by atoms with E-state index in [1.54, 1.807) is 28.8 Å². The lowest BCUT2D eigenvalue weighted by Crippen LogP contribution is -2.35. The van der Waals surface area contributed by atoms with Gasteiger partial charge in [-0.1, -0.05) is 19.1 Å². The van der Waals surface area contributed by atoms with Gasteiger partial charge in [0, 0.05) is 16.3 Å². The molecular formula is C19H21N3O4S2. The first-order valence-electron chi connectivity index (χ1n) is 8.76. The van der Waals surface area contributed by atoms with Gasteiger partial charge in [-0.15, -0.1) is 23.1 Å². The number of rotatable bonds is 5. The Morgan fingerprint density at radius 2 is 2.07 bits per heavy atom. The number of ether oxygens (including phenoxy) is 1. The molecule has 0 spiro atoms. The summed E-state index contributed by atoms with van der Waals surface area (Å²) >= 11 is 2.85. The molecule has 1 aromatic heterocycles. The van der Waals surface area contributed by atoms with Gasteiger partial charge in [0.1, 0.15) is 5.00 Å². The van der Waals surface area contributed by atoms with Crippen LogP contribution in [0.5, 0.6) is 0 Å². The first-order chi connectivity index (χ1) is 13.5. The SMILES string of the molecule is CCSc1ccccc1C(=O)Nc1sc2c(c1C(N)=O)CCN(C(=O)OC)C2. The average molecular weight is 420 g/mol. The van der Waals surface area contributed by atoms with Crippen LogP contribution in [0.15, 0.2) is 29.2 Å². The van der Waals surface area contributed by atoms with E-state index in [2.05, 4.69) is 5.32 Å². The van der Waals surface area contributed by atoms with Gasteiger partial charge < -0.3 is 20.7 Å². The van der Waals surface area contributed by atoms with Crippen molar-refractivity contribution in [1.29, 1.82) is 0 Å². The molecule has 0 unspecified atom stereocenters. The molecule has 0 bridgehead atoms. The van der Waals surface area contributed by atoms with Gasteiger partial charge in [-0.2, -0.15) is 0 Å². The Bertz CT molecular complexity index is 926.